The van der Waals surface area contributed by atoms with Gasteiger partial charge in [-0.3, -0.25) is 4.79 Å². The van der Waals surface area contributed by atoms with Crippen molar-refractivity contribution in [2.45, 2.75) is 38.5 Å². The van der Waals surface area contributed by atoms with Crippen LogP contribution in [-0.2, 0) is 0 Å². The summed E-state index contributed by atoms with van der Waals surface area (Å²) in [6, 6.07) is 4.86. The van der Waals surface area contributed by atoms with Crippen molar-refractivity contribution in [1.82, 2.24) is 4.90 Å². The predicted octanol–water partition coefficient (Wildman–Crippen LogP) is 3.20. The maximum absolute atomic E-state index is 12.5. The number of ether oxygens (including phenoxy) is 1. The summed E-state index contributed by atoms with van der Waals surface area (Å²) >= 11 is 0. The van der Waals surface area contributed by atoms with E-state index in [2.05, 4.69) is 0 Å². The van der Waals surface area contributed by atoms with Gasteiger partial charge in [-0.25, -0.2) is 0 Å². The Bertz CT molecular complexity index is 525. The molecule has 1 aromatic rings. The molecular weight excluding hydrogens is 266 g/mol. The molecule has 0 radical (unpaired) electrons. The average Bonchev–Trinajstić information content (AvgIpc) is 2.95. The molecule has 0 atom stereocenters. The zero-order valence-electron chi connectivity index (χ0n) is 12.6. The number of piperidine rings is 1. The van der Waals surface area contributed by atoms with Crippen molar-refractivity contribution < 1.29 is 14.6 Å². The third-order valence-electron chi connectivity index (χ3n) is 5.21. The van der Waals surface area contributed by atoms with Gasteiger partial charge in [0.25, 0.3) is 5.91 Å². The number of phenols is 1. The highest BCUT2D eigenvalue weighted by Gasteiger charge is 2.38. The molecule has 21 heavy (non-hydrogen) atoms. The van der Waals surface area contributed by atoms with Gasteiger partial charge in [0.1, 0.15) is 11.5 Å². The monoisotopic (exact) mass is 289 g/mol. The van der Waals surface area contributed by atoms with Gasteiger partial charge in [0.05, 0.1) is 12.7 Å². The SMILES string of the molecule is COc1ccc(C(=O)N2CCC3(CCCC3)CC2)c(O)c1. The first-order valence-electron chi connectivity index (χ1n) is 7.80. The van der Waals surface area contributed by atoms with Crippen molar-refractivity contribution in [3.05, 3.63) is 23.8 Å². The third kappa shape index (κ3) is 2.71. The van der Waals surface area contributed by atoms with E-state index in [1.54, 1.807) is 19.2 Å². The second-order valence-electron chi connectivity index (χ2n) is 6.38. The number of carbonyl (C=O) groups excluding carboxylic acids is 1. The number of phenolic OH excluding ortho intramolecular Hbond substituents is 1. The maximum atomic E-state index is 12.5. The molecule has 0 unspecified atom stereocenters. The van der Waals surface area contributed by atoms with Crippen molar-refractivity contribution in [3.63, 3.8) is 0 Å². The zero-order chi connectivity index (χ0) is 14.9. The smallest absolute Gasteiger partial charge is 0.257 e. The van der Waals surface area contributed by atoms with Crippen LogP contribution in [0.4, 0.5) is 0 Å². The molecule has 114 valence electrons. The molecule has 1 aliphatic carbocycles. The minimum atomic E-state index is -0.0667. The van der Waals surface area contributed by atoms with E-state index in [0.29, 0.717) is 16.7 Å². The quantitative estimate of drug-likeness (QED) is 0.909. The van der Waals surface area contributed by atoms with Gasteiger partial charge in [0, 0.05) is 19.2 Å². The summed E-state index contributed by atoms with van der Waals surface area (Å²) in [7, 11) is 1.54. The molecule has 4 nitrogen and oxygen atoms in total. The molecule has 1 saturated heterocycles. The van der Waals surface area contributed by atoms with Gasteiger partial charge in [-0.1, -0.05) is 12.8 Å². The van der Waals surface area contributed by atoms with Crippen LogP contribution < -0.4 is 4.74 Å². The fourth-order valence-electron chi connectivity index (χ4n) is 3.80. The van der Waals surface area contributed by atoms with Crippen LogP contribution in [-0.4, -0.2) is 36.1 Å². The average molecular weight is 289 g/mol. The van der Waals surface area contributed by atoms with Crippen LogP contribution in [0.25, 0.3) is 0 Å². The number of hydrogen-bond acceptors (Lipinski definition) is 3. The fourth-order valence-corrected chi connectivity index (χ4v) is 3.80. The minimum absolute atomic E-state index is 0.000466. The Labute approximate surface area is 125 Å². The number of aromatic hydroxyl groups is 1. The third-order valence-corrected chi connectivity index (χ3v) is 5.21. The van der Waals surface area contributed by atoms with Crippen molar-refractivity contribution in [2.75, 3.05) is 20.2 Å². The molecule has 2 fully saturated rings. The number of nitrogens with zero attached hydrogens (tertiary/aromatic N) is 1. The first-order valence-corrected chi connectivity index (χ1v) is 7.80. The number of likely N-dealkylation sites (tertiary alicyclic amines) is 1. The van der Waals surface area contributed by atoms with Crippen LogP contribution in [0.2, 0.25) is 0 Å². The summed E-state index contributed by atoms with van der Waals surface area (Å²) in [5.41, 5.74) is 0.872. The molecule has 1 N–H and O–H groups in total. The van der Waals surface area contributed by atoms with Crippen LogP contribution in [0, 0.1) is 5.41 Å². The first kappa shape index (κ1) is 14.2. The van der Waals surface area contributed by atoms with E-state index in [1.807, 2.05) is 4.90 Å². The Morgan fingerprint density at radius 1 is 1.19 bits per heavy atom. The van der Waals surface area contributed by atoms with Gasteiger partial charge in [0.15, 0.2) is 0 Å². The van der Waals surface area contributed by atoms with E-state index in [9.17, 15) is 9.90 Å². The summed E-state index contributed by atoms with van der Waals surface area (Å²) in [6.07, 6.45) is 7.54. The number of rotatable bonds is 2. The lowest BCUT2D eigenvalue weighted by atomic mass is 9.77. The number of methoxy groups -OCH3 is 1. The lowest BCUT2D eigenvalue weighted by Gasteiger charge is -2.39. The summed E-state index contributed by atoms with van der Waals surface area (Å²) < 4.78 is 5.05. The lowest BCUT2D eigenvalue weighted by molar-refractivity contribution is 0.0585. The largest absolute Gasteiger partial charge is 0.507 e. The van der Waals surface area contributed by atoms with Crippen molar-refractivity contribution >= 4 is 5.91 Å². The van der Waals surface area contributed by atoms with Crippen LogP contribution in [0.3, 0.4) is 0 Å². The molecule has 2 aliphatic rings. The maximum Gasteiger partial charge on any atom is 0.257 e. The molecule has 1 aliphatic heterocycles. The fraction of sp³-hybridized carbons (Fsp3) is 0.588. The van der Waals surface area contributed by atoms with Crippen LogP contribution in [0.5, 0.6) is 11.5 Å². The Hall–Kier alpha value is -1.71. The molecule has 4 heteroatoms. The minimum Gasteiger partial charge on any atom is -0.507 e. The van der Waals surface area contributed by atoms with Gasteiger partial charge >= 0.3 is 0 Å². The summed E-state index contributed by atoms with van der Waals surface area (Å²) in [4.78, 5) is 14.4. The van der Waals surface area contributed by atoms with E-state index in [0.717, 1.165) is 25.9 Å². The Morgan fingerprint density at radius 3 is 2.43 bits per heavy atom. The Morgan fingerprint density at radius 2 is 1.86 bits per heavy atom. The molecule has 0 bridgehead atoms. The summed E-state index contributed by atoms with van der Waals surface area (Å²) in [5, 5.41) is 10.0. The highest BCUT2D eigenvalue weighted by atomic mass is 16.5. The van der Waals surface area contributed by atoms with Crippen molar-refractivity contribution in [2.24, 2.45) is 5.41 Å². The van der Waals surface area contributed by atoms with Gasteiger partial charge in [-0.15, -0.1) is 0 Å². The van der Waals surface area contributed by atoms with Gasteiger partial charge in [0.2, 0.25) is 0 Å². The number of hydrogen-bond donors (Lipinski definition) is 1. The Balaban J connectivity index is 1.69. The van der Waals surface area contributed by atoms with Crippen molar-refractivity contribution in [1.29, 1.82) is 0 Å². The molecule has 1 aromatic carbocycles. The van der Waals surface area contributed by atoms with E-state index < -0.39 is 0 Å². The van der Waals surface area contributed by atoms with Gasteiger partial charge in [-0.2, -0.15) is 0 Å². The molecule has 1 saturated carbocycles. The van der Waals surface area contributed by atoms with Gasteiger partial charge in [-0.05, 0) is 43.2 Å². The van der Waals surface area contributed by atoms with E-state index in [-0.39, 0.29) is 11.7 Å². The van der Waals surface area contributed by atoms with Crippen LogP contribution in [0.1, 0.15) is 48.9 Å². The van der Waals surface area contributed by atoms with Crippen LogP contribution in [0.15, 0.2) is 18.2 Å². The number of carbonyl (C=O) groups is 1. The summed E-state index contributed by atoms with van der Waals surface area (Å²) in [5.74, 6) is 0.496. The second kappa shape index (κ2) is 5.58. The topological polar surface area (TPSA) is 49.8 Å². The molecule has 0 aromatic heterocycles. The van der Waals surface area contributed by atoms with E-state index >= 15 is 0 Å². The van der Waals surface area contributed by atoms with Crippen LogP contribution >= 0.6 is 0 Å². The first-order chi connectivity index (χ1) is 10.1. The van der Waals surface area contributed by atoms with Gasteiger partial charge < -0.3 is 14.7 Å². The van der Waals surface area contributed by atoms with E-state index in [1.165, 1.54) is 31.7 Å². The van der Waals surface area contributed by atoms with Crippen molar-refractivity contribution in [3.8, 4) is 11.5 Å². The molecular formula is C17H23NO3. The normalized spacial score (nSPS) is 20.7. The second-order valence-corrected chi connectivity index (χ2v) is 6.38. The molecule has 1 amide bonds. The zero-order valence-corrected chi connectivity index (χ0v) is 12.6. The van der Waals surface area contributed by atoms with E-state index in [4.69, 9.17) is 4.74 Å². The highest BCUT2D eigenvalue weighted by molar-refractivity contribution is 5.97. The Kier molecular flexibility index (Phi) is 3.79. The number of benzene rings is 1. The molecule has 1 heterocycles. The number of amides is 1. The molecule has 1 spiro atoms. The standard InChI is InChI=1S/C17H23NO3/c1-21-13-4-5-14(15(19)12-13)16(20)18-10-8-17(9-11-18)6-2-3-7-17/h4-5,12,19H,2-3,6-11H2,1H3. The highest BCUT2D eigenvalue weighted by Crippen LogP contribution is 2.46. The predicted molar refractivity (Wildman–Crippen MR) is 80.7 cm³/mol. The molecule has 3 rings (SSSR count). The lowest BCUT2D eigenvalue weighted by Crippen LogP contribution is -2.42. The summed E-state index contributed by atoms with van der Waals surface area (Å²) in [6.45, 7) is 1.62.